The fourth-order valence-electron chi connectivity index (χ4n) is 4.30. The van der Waals surface area contributed by atoms with Crippen LogP contribution in [-0.2, 0) is 10.2 Å². The molecule has 162 valence electrons. The van der Waals surface area contributed by atoms with Crippen molar-refractivity contribution in [3.8, 4) is 22.6 Å². The average molecular weight is 429 g/mol. The molecule has 0 unspecified atom stereocenters. The van der Waals surface area contributed by atoms with Crippen LogP contribution < -0.4 is 14.8 Å². The number of hydrogen-bond acceptors (Lipinski definition) is 4. The van der Waals surface area contributed by atoms with Crippen LogP contribution in [0.1, 0.15) is 39.9 Å². The number of amides is 1. The van der Waals surface area contributed by atoms with Crippen LogP contribution in [0.15, 0.2) is 54.6 Å². The van der Waals surface area contributed by atoms with Gasteiger partial charge in [0.1, 0.15) is 0 Å². The monoisotopic (exact) mass is 429 g/mol. The molecular formula is C26H23NO5. The molecule has 32 heavy (non-hydrogen) atoms. The molecule has 1 heterocycles. The van der Waals surface area contributed by atoms with E-state index in [1.807, 2.05) is 49.4 Å². The highest BCUT2D eigenvalue weighted by molar-refractivity contribution is 6.02. The molecule has 5 rings (SSSR count). The number of aryl methyl sites for hydroxylation is 2. The van der Waals surface area contributed by atoms with Crippen molar-refractivity contribution >= 4 is 17.6 Å². The Hall–Kier alpha value is -3.80. The van der Waals surface area contributed by atoms with Crippen LogP contribution in [0.5, 0.6) is 11.5 Å². The van der Waals surface area contributed by atoms with Gasteiger partial charge in [-0.1, -0.05) is 24.3 Å². The van der Waals surface area contributed by atoms with Gasteiger partial charge < -0.3 is 19.9 Å². The van der Waals surface area contributed by atoms with E-state index in [4.69, 9.17) is 9.47 Å². The highest BCUT2D eigenvalue weighted by Crippen LogP contribution is 2.51. The molecule has 0 bridgehead atoms. The number of carbonyl (C=O) groups is 2. The van der Waals surface area contributed by atoms with Crippen LogP contribution in [0.25, 0.3) is 11.1 Å². The van der Waals surface area contributed by atoms with Crippen molar-refractivity contribution in [2.75, 3.05) is 12.1 Å². The highest BCUT2D eigenvalue weighted by Gasteiger charge is 2.51. The number of carbonyl (C=O) groups excluding carboxylic acids is 1. The molecule has 3 aromatic carbocycles. The van der Waals surface area contributed by atoms with Gasteiger partial charge in [-0.05, 0) is 84.8 Å². The van der Waals surface area contributed by atoms with Crippen molar-refractivity contribution in [1.29, 1.82) is 0 Å². The Bertz CT molecular complexity index is 1260. The third-order valence-electron chi connectivity index (χ3n) is 6.37. The molecule has 0 spiro atoms. The fourth-order valence-corrected chi connectivity index (χ4v) is 4.30. The SMILES string of the molecule is Cc1cc(-c2cc(NC(=O)C3(c4ccc5c(c4)OCO5)CC3)ccc2C)ccc1C(=O)O. The van der Waals surface area contributed by atoms with Crippen molar-refractivity contribution in [2.24, 2.45) is 0 Å². The number of rotatable bonds is 5. The van der Waals surface area contributed by atoms with E-state index in [9.17, 15) is 14.7 Å². The van der Waals surface area contributed by atoms with Crippen LogP contribution in [0.4, 0.5) is 5.69 Å². The third-order valence-corrected chi connectivity index (χ3v) is 6.37. The molecule has 3 aromatic rings. The van der Waals surface area contributed by atoms with Gasteiger partial charge in [-0.25, -0.2) is 4.79 Å². The zero-order valence-corrected chi connectivity index (χ0v) is 17.9. The largest absolute Gasteiger partial charge is 0.478 e. The number of benzene rings is 3. The topological polar surface area (TPSA) is 84.9 Å². The maximum Gasteiger partial charge on any atom is 0.335 e. The molecule has 6 nitrogen and oxygen atoms in total. The Balaban J connectivity index is 1.41. The molecule has 1 fully saturated rings. The van der Waals surface area contributed by atoms with E-state index in [1.165, 1.54) is 0 Å². The number of carboxylic acid groups (broad SMARTS) is 1. The molecule has 0 radical (unpaired) electrons. The minimum atomic E-state index is -0.940. The van der Waals surface area contributed by atoms with Gasteiger partial charge in [0, 0.05) is 5.69 Å². The second-order valence-corrected chi connectivity index (χ2v) is 8.47. The summed E-state index contributed by atoms with van der Waals surface area (Å²) in [5.74, 6) is 0.408. The van der Waals surface area contributed by atoms with Gasteiger partial charge in [-0.15, -0.1) is 0 Å². The average Bonchev–Trinajstić information content (AvgIpc) is 3.45. The quantitative estimate of drug-likeness (QED) is 0.592. The minimum absolute atomic E-state index is 0.0384. The lowest BCUT2D eigenvalue weighted by Gasteiger charge is -2.17. The normalized spacial score (nSPS) is 15.3. The lowest BCUT2D eigenvalue weighted by molar-refractivity contribution is -0.118. The van der Waals surface area contributed by atoms with Crippen molar-refractivity contribution in [3.05, 3.63) is 76.9 Å². The minimum Gasteiger partial charge on any atom is -0.478 e. The second-order valence-electron chi connectivity index (χ2n) is 8.47. The first-order valence-electron chi connectivity index (χ1n) is 10.5. The number of anilines is 1. The zero-order chi connectivity index (χ0) is 22.5. The van der Waals surface area contributed by atoms with Gasteiger partial charge >= 0.3 is 5.97 Å². The van der Waals surface area contributed by atoms with Gasteiger partial charge in [-0.2, -0.15) is 0 Å². The van der Waals surface area contributed by atoms with E-state index in [0.717, 1.165) is 35.1 Å². The summed E-state index contributed by atoms with van der Waals surface area (Å²) in [7, 11) is 0. The zero-order valence-electron chi connectivity index (χ0n) is 17.9. The Morgan fingerprint density at radius 3 is 2.41 bits per heavy atom. The third kappa shape index (κ3) is 3.38. The van der Waals surface area contributed by atoms with Gasteiger partial charge in [0.2, 0.25) is 12.7 Å². The van der Waals surface area contributed by atoms with Gasteiger partial charge in [0.25, 0.3) is 0 Å². The van der Waals surface area contributed by atoms with Crippen molar-refractivity contribution < 1.29 is 24.2 Å². The second kappa shape index (κ2) is 7.41. The summed E-state index contributed by atoms with van der Waals surface area (Å²) < 4.78 is 10.9. The summed E-state index contributed by atoms with van der Waals surface area (Å²) >= 11 is 0. The van der Waals surface area contributed by atoms with E-state index in [0.29, 0.717) is 22.7 Å². The summed E-state index contributed by atoms with van der Waals surface area (Å²) in [5.41, 5.74) is 5.00. The predicted octanol–water partition coefficient (Wildman–Crippen LogP) is 5.07. The van der Waals surface area contributed by atoms with Crippen molar-refractivity contribution in [2.45, 2.75) is 32.1 Å². The fraction of sp³-hybridized carbons (Fsp3) is 0.231. The first-order valence-corrected chi connectivity index (χ1v) is 10.5. The van der Waals surface area contributed by atoms with Crippen LogP contribution in [0, 0.1) is 13.8 Å². The molecule has 1 aliphatic carbocycles. The number of nitrogens with one attached hydrogen (secondary N) is 1. The Labute approximate surface area is 185 Å². The molecular weight excluding hydrogens is 406 g/mol. The number of fused-ring (bicyclic) bond motifs is 1. The lowest BCUT2D eigenvalue weighted by Crippen LogP contribution is -2.27. The molecule has 2 N–H and O–H groups in total. The van der Waals surface area contributed by atoms with Gasteiger partial charge in [0.15, 0.2) is 11.5 Å². The number of ether oxygens (including phenoxy) is 2. The Morgan fingerprint density at radius 1 is 0.906 bits per heavy atom. The molecule has 1 saturated carbocycles. The summed E-state index contributed by atoms with van der Waals surface area (Å²) in [6.45, 7) is 3.99. The summed E-state index contributed by atoms with van der Waals surface area (Å²) in [4.78, 5) is 24.6. The van der Waals surface area contributed by atoms with Gasteiger partial charge in [0.05, 0.1) is 11.0 Å². The highest BCUT2D eigenvalue weighted by atomic mass is 16.7. The molecule has 1 aliphatic heterocycles. The smallest absolute Gasteiger partial charge is 0.335 e. The maximum atomic E-state index is 13.3. The number of carboxylic acids is 1. The van der Waals surface area contributed by atoms with Crippen molar-refractivity contribution in [3.63, 3.8) is 0 Å². The van der Waals surface area contributed by atoms with E-state index in [-0.39, 0.29) is 18.3 Å². The number of aromatic carboxylic acids is 1. The molecule has 0 saturated heterocycles. The van der Waals surface area contributed by atoms with Crippen LogP contribution >= 0.6 is 0 Å². The summed E-state index contributed by atoms with van der Waals surface area (Å²) in [5, 5.41) is 12.4. The molecule has 1 amide bonds. The van der Waals surface area contributed by atoms with E-state index in [2.05, 4.69) is 5.32 Å². The Morgan fingerprint density at radius 2 is 1.69 bits per heavy atom. The summed E-state index contributed by atoms with van der Waals surface area (Å²) in [6.07, 6.45) is 1.57. The lowest BCUT2D eigenvalue weighted by atomic mass is 9.93. The molecule has 0 aromatic heterocycles. The molecule has 0 atom stereocenters. The van der Waals surface area contributed by atoms with E-state index < -0.39 is 11.4 Å². The van der Waals surface area contributed by atoms with Gasteiger partial charge in [-0.3, -0.25) is 4.79 Å². The Kier molecular flexibility index (Phi) is 4.66. The molecule has 2 aliphatic rings. The standard InChI is InChI=1S/C26H23NO5/c1-15-3-6-19(13-21(15)17-4-7-20(24(28)29)16(2)11-17)27-25(30)26(9-10-26)18-5-8-22-23(12-18)32-14-31-22/h3-8,11-13H,9-10,14H2,1-2H3,(H,27,30)(H,28,29). The van der Waals surface area contributed by atoms with E-state index in [1.54, 1.807) is 19.1 Å². The van der Waals surface area contributed by atoms with Crippen LogP contribution in [-0.4, -0.2) is 23.8 Å². The summed E-state index contributed by atoms with van der Waals surface area (Å²) in [6, 6.07) is 16.8. The van der Waals surface area contributed by atoms with E-state index >= 15 is 0 Å². The van der Waals surface area contributed by atoms with Crippen molar-refractivity contribution in [1.82, 2.24) is 0 Å². The number of hydrogen-bond donors (Lipinski definition) is 2. The van der Waals surface area contributed by atoms with Crippen LogP contribution in [0.3, 0.4) is 0 Å². The molecule has 6 heteroatoms. The first-order chi connectivity index (χ1) is 15.4. The maximum absolute atomic E-state index is 13.3. The predicted molar refractivity (Wildman–Crippen MR) is 120 cm³/mol. The van der Waals surface area contributed by atoms with Crippen LogP contribution in [0.2, 0.25) is 0 Å². The first kappa shape index (κ1) is 20.1.